The molecule has 0 aliphatic rings. The third-order valence-corrected chi connectivity index (χ3v) is 2.23. The summed E-state index contributed by atoms with van der Waals surface area (Å²) >= 11 is 0. The van der Waals surface area contributed by atoms with Crippen LogP contribution >= 0.6 is 0 Å². The van der Waals surface area contributed by atoms with Crippen molar-refractivity contribution in [2.45, 2.75) is 26.2 Å². The van der Waals surface area contributed by atoms with Gasteiger partial charge in [-0.15, -0.1) is 0 Å². The van der Waals surface area contributed by atoms with Gasteiger partial charge in [-0.1, -0.05) is 30.3 Å². The average molecular weight is 206 g/mol. The lowest BCUT2D eigenvalue weighted by Crippen LogP contribution is -2.08. The van der Waals surface area contributed by atoms with Gasteiger partial charge in [0.1, 0.15) is 6.61 Å². The van der Waals surface area contributed by atoms with Crippen molar-refractivity contribution in [2.24, 2.45) is 0 Å². The Bertz CT molecular complexity index is 280. The fourth-order valence-corrected chi connectivity index (χ4v) is 1.42. The predicted octanol–water partition coefficient (Wildman–Crippen LogP) is 2.61. The quantitative estimate of drug-likeness (QED) is 0.685. The number of ether oxygens (including phenoxy) is 1. The molecule has 0 aromatic heterocycles. The van der Waals surface area contributed by atoms with Gasteiger partial charge >= 0.3 is 0 Å². The van der Waals surface area contributed by atoms with E-state index in [0.29, 0.717) is 13.0 Å². The van der Waals surface area contributed by atoms with Crippen molar-refractivity contribution in [1.82, 2.24) is 0 Å². The van der Waals surface area contributed by atoms with Crippen LogP contribution in [0.1, 0.15) is 25.3 Å². The van der Waals surface area contributed by atoms with E-state index in [1.54, 1.807) is 0 Å². The van der Waals surface area contributed by atoms with Crippen LogP contribution in [0.15, 0.2) is 30.3 Å². The van der Waals surface area contributed by atoms with Crippen LogP contribution in [0.25, 0.3) is 0 Å². The molecule has 82 valence electrons. The Morgan fingerprint density at radius 2 is 2.00 bits per heavy atom. The van der Waals surface area contributed by atoms with Crippen LogP contribution in [0.2, 0.25) is 0 Å². The fraction of sp³-hybridized carbons (Fsp3) is 0.462. The molecule has 0 amide bonds. The summed E-state index contributed by atoms with van der Waals surface area (Å²) in [4.78, 5) is 11.3. The maximum absolute atomic E-state index is 11.3. The highest BCUT2D eigenvalue weighted by Crippen LogP contribution is 2.04. The van der Waals surface area contributed by atoms with Crippen molar-refractivity contribution in [1.29, 1.82) is 0 Å². The maximum Gasteiger partial charge on any atom is 0.158 e. The van der Waals surface area contributed by atoms with Crippen LogP contribution in [0.5, 0.6) is 0 Å². The van der Waals surface area contributed by atoms with Crippen LogP contribution < -0.4 is 0 Å². The molecule has 0 unspecified atom stereocenters. The lowest BCUT2D eigenvalue weighted by atomic mass is 10.1. The molecule has 0 spiro atoms. The molecule has 0 aliphatic heterocycles. The number of carbonyl (C=O) groups excluding carboxylic acids is 1. The van der Waals surface area contributed by atoms with Crippen LogP contribution in [0.3, 0.4) is 0 Å². The van der Waals surface area contributed by atoms with Gasteiger partial charge in [0.2, 0.25) is 0 Å². The van der Waals surface area contributed by atoms with Crippen LogP contribution in [-0.2, 0) is 16.0 Å². The number of benzene rings is 1. The van der Waals surface area contributed by atoms with Gasteiger partial charge in [-0.2, -0.15) is 0 Å². The Balaban J connectivity index is 2.14. The first-order valence-corrected chi connectivity index (χ1v) is 5.46. The number of aryl methyl sites for hydroxylation is 1. The van der Waals surface area contributed by atoms with E-state index in [1.807, 2.05) is 25.1 Å². The maximum atomic E-state index is 11.3. The minimum absolute atomic E-state index is 0.202. The van der Waals surface area contributed by atoms with E-state index in [2.05, 4.69) is 12.1 Å². The molecule has 0 N–H and O–H groups in total. The molecule has 0 heterocycles. The van der Waals surface area contributed by atoms with E-state index >= 15 is 0 Å². The zero-order valence-electron chi connectivity index (χ0n) is 9.24. The topological polar surface area (TPSA) is 26.3 Å². The average Bonchev–Trinajstić information content (AvgIpc) is 2.28. The minimum Gasteiger partial charge on any atom is -0.374 e. The van der Waals surface area contributed by atoms with Gasteiger partial charge in [0.25, 0.3) is 0 Å². The van der Waals surface area contributed by atoms with Crippen molar-refractivity contribution >= 4 is 5.78 Å². The molecule has 0 fully saturated rings. The van der Waals surface area contributed by atoms with Crippen LogP contribution in [-0.4, -0.2) is 19.0 Å². The second-order valence-electron chi connectivity index (χ2n) is 3.51. The van der Waals surface area contributed by atoms with Crippen molar-refractivity contribution in [3.8, 4) is 0 Å². The largest absolute Gasteiger partial charge is 0.374 e. The summed E-state index contributed by atoms with van der Waals surface area (Å²) in [6, 6.07) is 10.2. The second-order valence-corrected chi connectivity index (χ2v) is 3.51. The number of hydrogen-bond acceptors (Lipinski definition) is 2. The van der Waals surface area contributed by atoms with Gasteiger partial charge < -0.3 is 4.74 Å². The Kier molecular flexibility index (Phi) is 5.71. The first kappa shape index (κ1) is 11.9. The molecule has 0 aliphatic carbocycles. The molecule has 1 aromatic rings. The summed E-state index contributed by atoms with van der Waals surface area (Å²) < 4.78 is 5.05. The van der Waals surface area contributed by atoms with E-state index < -0.39 is 0 Å². The number of carbonyl (C=O) groups is 1. The summed E-state index contributed by atoms with van der Waals surface area (Å²) in [6.45, 7) is 2.78. The van der Waals surface area contributed by atoms with Crippen molar-refractivity contribution in [3.05, 3.63) is 35.9 Å². The number of rotatable bonds is 7. The Morgan fingerprint density at radius 3 is 2.67 bits per heavy atom. The van der Waals surface area contributed by atoms with E-state index in [0.717, 1.165) is 12.8 Å². The van der Waals surface area contributed by atoms with Crippen molar-refractivity contribution in [2.75, 3.05) is 13.2 Å². The molecular weight excluding hydrogens is 188 g/mol. The van der Waals surface area contributed by atoms with E-state index in [1.165, 1.54) is 5.56 Å². The normalized spacial score (nSPS) is 10.2. The zero-order valence-corrected chi connectivity index (χ0v) is 9.24. The molecule has 2 heteroatoms. The highest BCUT2D eigenvalue weighted by Gasteiger charge is 2.01. The summed E-state index contributed by atoms with van der Waals surface area (Å²) in [6.07, 6.45) is 2.50. The lowest BCUT2D eigenvalue weighted by molar-refractivity contribution is -0.123. The third kappa shape index (κ3) is 5.33. The van der Waals surface area contributed by atoms with Gasteiger partial charge in [-0.25, -0.2) is 0 Å². The molecule has 0 atom stereocenters. The summed E-state index contributed by atoms with van der Waals surface area (Å²) in [7, 11) is 0. The van der Waals surface area contributed by atoms with Crippen molar-refractivity contribution in [3.63, 3.8) is 0 Å². The molecule has 2 nitrogen and oxygen atoms in total. The molecule has 1 aromatic carbocycles. The second kappa shape index (κ2) is 7.18. The van der Waals surface area contributed by atoms with Crippen LogP contribution in [0.4, 0.5) is 0 Å². The molecule has 0 saturated heterocycles. The van der Waals surface area contributed by atoms with E-state index in [9.17, 15) is 4.79 Å². The Hall–Kier alpha value is -1.15. The molecule has 0 radical (unpaired) electrons. The van der Waals surface area contributed by atoms with E-state index in [-0.39, 0.29) is 12.4 Å². The van der Waals surface area contributed by atoms with Gasteiger partial charge in [0, 0.05) is 13.0 Å². The summed E-state index contributed by atoms with van der Waals surface area (Å²) in [5, 5.41) is 0. The number of Topliss-reactive ketones (excluding diaryl/α,β-unsaturated/α-hetero) is 1. The summed E-state index contributed by atoms with van der Waals surface area (Å²) in [5.74, 6) is 0.202. The molecule has 0 saturated carbocycles. The Labute approximate surface area is 91.3 Å². The minimum atomic E-state index is 0.202. The summed E-state index contributed by atoms with van der Waals surface area (Å²) in [5.41, 5.74) is 1.29. The van der Waals surface area contributed by atoms with E-state index in [4.69, 9.17) is 4.74 Å². The molecule has 0 bridgehead atoms. The Morgan fingerprint density at radius 1 is 1.27 bits per heavy atom. The third-order valence-electron chi connectivity index (χ3n) is 2.23. The van der Waals surface area contributed by atoms with Gasteiger partial charge in [-0.05, 0) is 25.3 Å². The highest BCUT2D eigenvalue weighted by atomic mass is 16.5. The predicted molar refractivity (Wildman–Crippen MR) is 60.9 cm³/mol. The fourth-order valence-electron chi connectivity index (χ4n) is 1.42. The van der Waals surface area contributed by atoms with Gasteiger partial charge in [-0.3, -0.25) is 4.79 Å². The monoisotopic (exact) mass is 206 g/mol. The van der Waals surface area contributed by atoms with Gasteiger partial charge in [0.05, 0.1) is 0 Å². The van der Waals surface area contributed by atoms with Crippen LogP contribution in [0, 0.1) is 0 Å². The molecular formula is C13H18O2. The lowest BCUT2D eigenvalue weighted by Gasteiger charge is -2.01. The molecule has 15 heavy (non-hydrogen) atoms. The number of hydrogen-bond donors (Lipinski definition) is 0. The number of ketones is 1. The first-order valence-electron chi connectivity index (χ1n) is 5.46. The standard InChI is InChI=1S/C13H18O2/c1-2-15-11-13(14)10-6-9-12-7-4-3-5-8-12/h3-5,7-8H,2,6,9-11H2,1H3. The SMILES string of the molecule is CCOCC(=O)CCCc1ccccc1. The smallest absolute Gasteiger partial charge is 0.158 e. The first-order chi connectivity index (χ1) is 7.33. The van der Waals surface area contributed by atoms with Gasteiger partial charge in [0.15, 0.2) is 5.78 Å². The van der Waals surface area contributed by atoms with Crippen molar-refractivity contribution < 1.29 is 9.53 Å². The zero-order chi connectivity index (χ0) is 10.9. The molecule has 1 rings (SSSR count). The highest BCUT2D eigenvalue weighted by molar-refractivity contribution is 5.79.